The number of carbonyl (C=O) groups excluding carboxylic acids is 1. The van der Waals surface area contributed by atoms with Crippen LogP contribution in [0.3, 0.4) is 0 Å². The Bertz CT molecular complexity index is 91.3. The molecule has 0 aromatic heterocycles. The van der Waals surface area contributed by atoms with Crippen molar-refractivity contribution in [3.63, 3.8) is 0 Å². The Balaban J connectivity index is -0.0000000542. The summed E-state index contributed by atoms with van der Waals surface area (Å²) < 4.78 is 0. The Morgan fingerprint density at radius 2 is 1.00 bits per heavy atom. The maximum atomic E-state index is 8.93. The zero-order valence-electron chi connectivity index (χ0n) is 11.4. The zero-order valence-corrected chi connectivity index (χ0v) is 11.4. The van der Waals surface area contributed by atoms with Crippen LogP contribution >= 0.6 is 0 Å². The molecular weight excluding hydrogens is 196 g/mol. The van der Waals surface area contributed by atoms with Gasteiger partial charge in [0, 0.05) is 5.97 Å². The van der Waals surface area contributed by atoms with Gasteiger partial charge in [0.25, 0.3) is 0 Å². The zero-order chi connectivity index (χ0) is 13.4. The summed E-state index contributed by atoms with van der Waals surface area (Å²) >= 11 is 0. The van der Waals surface area contributed by atoms with Gasteiger partial charge in [0.15, 0.2) is 0 Å². The van der Waals surface area contributed by atoms with Gasteiger partial charge in [-0.2, -0.15) is 0 Å². The Hall–Kier alpha value is -0.650. The summed E-state index contributed by atoms with van der Waals surface area (Å²) in [6.45, 7) is 2.54. The van der Waals surface area contributed by atoms with Crippen LogP contribution in [-0.4, -0.2) is 54.9 Å². The Labute approximate surface area is 94.3 Å². The summed E-state index contributed by atoms with van der Waals surface area (Å²) in [7, 11) is 12.5. The lowest BCUT2D eigenvalue weighted by Gasteiger charge is -1.88. The molecular formula is C10H28N2O3. The topological polar surface area (TPSA) is 72.1 Å². The molecule has 0 aliphatic rings. The van der Waals surface area contributed by atoms with Crippen LogP contribution < -0.4 is 20.0 Å². The van der Waals surface area contributed by atoms with Crippen molar-refractivity contribution in [2.24, 2.45) is 0 Å². The second-order valence-corrected chi connectivity index (χ2v) is 3.78. The molecule has 0 fully saturated rings. The smallest absolute Gasteiger partial charge is 0.0661 e. The average Bonchev–Trinajstić information content (AvgIpc) is 1.81. The number of quaternary nitrogens is 2. The van der Waals surface area contributed by atoms with E-state index >= 15 is 0 Å². The van der Waals surface area contributed by atoms with E-state index in [4.69, 9.17) is 15.0 Å². The quantitative estimate of drug-likeness (QED) is 0.437. The number of carboxylic acid groups (broad SMARTS) is 1. The van der Waals surface area contributed by atoms with Gasteiger partial charge in [-0.25, -0.2) is 0 Å². The molecule has 0 aromatic rings. The summed E-state index contributed by atoms with van der Waals surface area (Å²) in [6, 6.07) is 0. The van der Waals surface area contributed by atoms with E-state index in [9.17, 15) is 0 Å². The van der Waals surface area contributed by atoms with E-state index in [-0.39, 0.29) is 6.61 Å². The van der Waals surface area contributed by atoms with Crippen LogP contribution in [0.5, 0.6) is 0 Å². The SMILES string of the molecule is CC(=O)[O-].CC[O-].C[NH+](C)C.C[NH+](C)C. The number of carbonyl (C=O) groups is 1. The van der Waals surface area contributed by atoms with Crippen LogP contribution in [0.25, 0.3) is 0 Å². The van der Waals surface area contributed by atoms with Crippen molar-refractivity contribution in [2.45, 2.75) is 13.8 Å². The fourth-order valence-corrected chi connectivity index (χ4v) is 0. The monoisotopic (exact) mass is 224 g/mol. The molecule has 15 heavy (non-hydrogen) atoms. The van der Waals surface area contributed by atoms with Crippen molar-refractivity contribution in [3.8, 4) is 0 Å². The minimum absolute atomic E-state index is 0. The lowest BCUT2D eigenvalue weighted by atomic mass is 10.9. The molecule has 0 saturated carbocycles. The molecule has 5 nitrogen and oxygen atoms in total. The highest BCUT2D eigenvalue weighted by Crippen LogP contribution is 1.31. The molecule has 0 spiro atoms. The van der Waals surface area contributed by atoms with Gasteiger partial charge in [-0.1, -0.05) is 6.92 Å². The first-order valence-electron chi connectivity index (χ1n) is 4.90. The van der Waals surface area contributed by atoms with Crippen molar-refractivity contribution >= 4 is 5.97 Å². The second kappa shape index (κ2) is 23.3. The fraction of sp³-hybridized carbons (Fsp3) is 0.900. The van der Waals surface area contributed by atoms with E-state index < -0.39 is 5.97 Å². The summed E-state index contributed by atoms with van der Waals surface area (Å²) in [5, 5.41) is 17.8. The lowest BCUT2D eigenvalue weighted by molar-refractivity contribution is -0.836. The van der Waals surface area contributed by atoms with Crippen LogP contribution in [0, 0.1) is 0 Å². The molecule has 0 aliphatic heterocycles. The number of aliphatic carboxylic acids is 1. The molecule has 0 radical (unpaired) electrons. The van der Waals surface area contributed by atoms with Crippen LogP contribution in [0.2, 0.25) is 0 Å². The molecule has 0 rings (SSSR count). The molecule has 2 N–H and O–H groups in total. The predicted octanol–water partition coefficient (Wildman–Crippen LogP) is -4.36. The summed E-state index contributed by atoms with van der Waals surface area (Å²) in [5.41, 5.74) is 0. The molecule has 0 bridgehead atoms. The number of rotatable bonds is 0. The van der Waals surface area contributed by atoms with Gasteiger partial charge >= 0.3 is 0 Å². The number of hydrogen-bond donors (Lipinski definition) is 2. The van der Waals surface area contributed by atoms with Gasteiger partial charge < -0.3 is 24.8 Å². The van der Waals surface area contributed by atoms with E-state index in [1.54, 1.807) is 6.92 Å². The standard InChI is InChI=1S/2C3H9N.C2H4O2.C2H5O/c2*1-4(2)3;1-2(3)4;1-2-3/h2*1-3H3;1H3,(H,3,4);2H2,1H3/q;;;-1/p+1. The van der Waals surface area contributed by atoms with E-state index in [2.05, 4.69) is 42.3 Å². The third kappa shape index (κ3) is 4070. The highest BCUT2D eigenvalue weighted by atomic mass is 16.4. The number of carboxylic acids is 1. The van der Waals surface area contributed by atoms with Gasteiger partial charge in [-0.05, 0) is 6.92 Å². The molecule has 0 aliphatic carbocycles. The minimum Gasteiger partial charge on any atom is -0.855 e. The molecule has 0 aromatic carbocycles. The van der Waals surface area contributed by atoms with Gasteiger partial charge in [0.2, 0.25) is 0 Å². The van der Waals surface area contributed by atoms with Crippen LogP contribution in [-0.2, 0) is 4.79 Å². The number of hydrogen-bond acceptors (Lipinski definition) is 3. The van der Waals surface area contributed by atoms with Crippen LogP contribution in [0.1, 0.15) is 13.8 Å². The molecule has 0 atom stereocenters. The first-order chi connectivity index (χ1) is 6.61. The maximum absolute atomic E-state index is 8.93. The summed E-state index contributed by atoms with van der Waals surface area (Å²) in [5.74, 6) is -1.08. The minimum atomic E-state index is -1.08. The molecule has 0 unspecified atom stereocenters. The lowest BCUT2D eigenvalue weighted by Crippen LogP contribution is -3.02. The van der Waals surface area contributed by atoms with Crippen molar-refractivity contribution in [2.75, 3.05) is 48.9 Å². The van der Waals surface area contributed by atoms with Gasteiger partial charge in [0.1, 0.15) is 0 Å². The Morgan fingerprint density at radius 1 is 1.00 bits per heavy atom. The third-order valence-corrected chi connectivity index (χ3v) is 0. The largest absolute Gasteiger partial charge is 0.855 e. The fourth-order valence-electron chi connectivity index (χ4n) is 0. The highest BCUT2D eigenvalue weighted by molar-refractivity contribution is 5.60. The predicted molar refractivity (Wildman–Crippen MR) is 58.7 cm³/mol. The molecule has 0 heterocycles. The van der Waals surface area contributed by atoms with E-state index in [0.29, 0.717) is 0 Å². The molecule has 0 saturated heterocycles. The van der Waals surface area contributed by atoms with Gasteiger partial charge in [-0.3, -0.25) is 0 Å². The summed E-state index contributed by atoms with van der Waals surface area (Å²) in [6.07, 6.45) is 0. The summed E-state index contributed by atoms with van der Waals surface area (Å²) in [4.78, 5) is 11.7. The van der Waals surface area contributed by atoms with Gasteiger partial charge in [0.05, 0.1) is 42.3 Å². The van der Waals surface area contributed by atoms with Crippen LogP contribution in [0.4, 0.5) is 0 Å². The Morgan fingerprint density at radius 3 is 1.00 bits per heavy atom. The first-order valence-corrected chi connectivity index (χ1v) is 4.90. The molecule has 5 heteroatoms. The van der Waals surface area contributed by atoms with Gasteiger partial charge in [-0.15, -0.1) is 6.61 Å². The highest BCUT2D eigenvalue weighted by Gasteiger charge is 1.61. The molecule has 0 amide bonds. The van der Waals surface area contributed by atoms with Crippen molar-refractivity contribution < 1.29 is 24.8 Å². The first kappa shape index (κ1) is 23.9. The van der Waals surface area contributed by atoms with E-state index in [1.165, 1.54) is 9.80 Å². The van der Waals surface area contributed by atoms with E-state index in [1.807, 2.05) is 0 Å². The van der Waals surface area contributed by atoms with Crippen molar-refractivity contribution in [3.05, 3.63) is 0 Å². The maximum Gasteiger partial charge on any atom is 0.0661 e. The molecule has 96 valence electrons. The van der Waals surface area contributed by atoms with E-state index in [0.717, 1.165) is 6.92 Å². The van der Waals surface area contributed by atoms with Crippen molar-refractivity contribution in [1.29, 1.82) is 0 Å². The normalized spacial score (nSPS) is 7.67. The third-order valence-electron chi connectivity index (χ3n) is 0. The second-order valence-electron chi connectivity index (χ2n) is 3.78. The van der Waals surface area contributed by atoms with Crippen LogP contribution in [0.15, 0.2) is 0 Å². The average molecular weight is 224 g/mol. The Kier molecular flexibility index (Phi) is 37.1. The van der Waals surface area contributed by atoms with Crippen molar-refractivity contribution in [1.82, 2.24) is 0 Å². The number of nitrogens with one attached hydrogen (secondary N) is 2.